The first-order chi connectivity index (χ1) is 11.2. The summed E-state index contributed by atoms with van der Waals surface area (Å²) in [4.78, 5) is 12.2. The van der Waals surface area contributed by atoms with Gasteiger partial charge in [0.05, 0.1) is 12.3 Å². The van der Waals surface area contributed by atoms with Crippen LogP contribution in [0, 0.1) is 11.6 Å². The molecule has 0 saturated carbocycles. The maximum atomic E-state index is 13.9. The molecule has 1 aromatic carbocycles. The fourth-order valence-electron chi connectivity index (χ4n) is 2.63. The number of anilines is 2. The van der Waals surface area contributed by atoms with Crippen molar-refractivity contribution in [3.8, 4) is 5.88 Å². The molecule has 0 aliphatic carbocycles. The fraction of sp³-hybridized carbons (Fsp3) is 0.375. The molecule has 1 aromatic heterocycles. The van der Waals surface area contributed by atoms with Gasteiger partial charge in [-0.1, -0.05) is 0 Å². The lowest BCUT2D eigenvalue weighted by Gasteiger charge is -2.36. The van der Waals surface area contributed by atoms with Crippen LogP contribution in [0.3, 0.4) is 0 Å². The second-order valence-corrected chi connectivity index (χ2v) is 5.22. The molecule has 2 heterocycles. The second-order valence-electron chi connectivity index (χ2n) is 5.22. The van der Waals surface area contributed by atoms with Crippen LogP contribution in [0.2, 0.25) is 0 Å². The molecule has 0 atom stereocenters. The van der Waals surface area contributed by atoms with E-state index in [0.717, 1.165) is 18.0 Å². The number of ether oxygens (including phenoxy) is 1. The molecule has 3 rings (SSSR count). The molecule has 23 heavy (non-hydrogen) atoms. The average molecular weight is 320 g/mol. The van der Waals surface area contributed by atoms with Crippen molar-refractivity contribution >= 4 is 11.5 Å². The monoisotopic (exact) mass is 320 g/mol. The lowest BCUT2D eigenvalue weighted by Crippen LogP contribution is -2.47. The Kier molecular flexibility index (Phi) is 4.55. The number of hydrogen-bond acceptors (Lipinski definition) is 5. The summed E-state index contributed by atoms with van der Waals surface area (Å²) >= 11 is 0. The minimum atomic E-state index is -0.430. The van der Waals surface area contributed by atoms with E-state index in [4.69, 9.17) is 4.74 Å². The maximum absolute atomic E-state index is 13.9. The molecule has 122 valence electrons. The Morgan fingerprint density at radius 1 is 1.04 bits per heavy atom. The third kappa shape index (κ3) is 3.49. The van der Waals surface area contributed by atoms with Gasteiger partial charge in [0.15, 0.2) is 0 Å². The van der Waals surface area contributed by atoms with Crippen LogP contribution < -0.4 is 14.5 Å². The molecule has 0 bridgehead atoms. The number of halogens is 2. The highest BCUT2D eigenvalue weighted by Crippen LogP contribution is 2.24. The normalized spacial score (nSPS) is 14.9. The lowest BCUT2D eigenvalue weighted by molar-refractivity contribution is 0.326. The molecule has 5 nitrogen and oxygen atoms in total. The zero-order valence-electron chi connectivity index (χ0n) is 12.9. The van der Waals surface area contributed by atoms with Gasteiger partial charge >= 0.3 is 0 Å². The van der Waals surface area contributed by atoms with E-state index < -0.39 is 11.6 Å². The Morgan fingerprint density at radius 3 is 2.52 bits per heavy atom. The fourth-order valence-corrected chi connectivity index (χ4v) is 2.63. The molecular weight excluding hydrogens is 302 g/mol. The average Bonchev–Trinajstić information content (AvgIpc) is 2.58. The van der Waals surface area contributed by atoms with Crippen molar-refractivity contribution in [1.29, 1.82) is 0 Å². The number of nitrogens with zero attached hydrogens (tertiary/aromatic N) is 4. The first kappa shape index (κ1) is 15.5. The van der Waals surface area contributed by atoms with Crippen molar-refractivity contribution in [2.45, 2.75) is 6.92 Å². The first-order valence-corrected chi connectivity index (χ1v) is 7.57. The molecule has 1 saturated heterocycles. The summed E-state index contributed by atoms with van der Waals surface area (Å²) in [5, 5.41) is 0. The number of benzene rings is 1. The molecule has 0 amide bonds. The van der Waals surface area contributed by atoms with Gasteiger partial charge in [0, 0.05) is 38.3 Å². The Balaban J connectivity index is 1.68. The Hall–Kier alpha value is -2.44. The van der Waals surface area contributed by atoms with Gasteiger partial charge in [-0.05, 0) is 19.1 Å². The molecule has 2 aromatic rings. The Labute approximate surface area is 133 Å². The van der Waals surface area contributed by atoms with Gasteiger partial charge in [0.25, 0.3) is 0 Å². The highest BCUT2D eigenvalue weighted by Gasteiger charge is 2.21. The molecule has 0 unspecified atom stereocenters. The van der Waals surface area contributed by atoms with Crippen molar-refractivity contribution < 1.29 is 13.5 Å². The van der Waals surface area contributed by atoms with Crippen LogP contribution in [-0.4, -0.2) is 42.8 Å². The largest absolute Gasteiger partial charge is 0.478 e. The topological polar surface area (TPSA) is 41.5 Å². The van der Waals surface area contributed by atoms with Crippen LogP contribution in [0.4, 0.5) is 20.3 Å². The maximum Gasteiger partial charge on any atom is 0.218 e. The predicted octanol–water partition coefficient (Wildman–Crippen LogP) is 2.48. The number of rotatable bonds is 4. The molecule has 1 fully saturated rings. The van der Waals surface area contributed by atoms with E-state index in [9.17, 15) is 8.78 Å². The van der Waals surface area contributed by atoms with Crippen molar-refractivity contribution in [1.82, 2.24) is 9.97 Å². The zero-order chi connectivity index (χ0) is 16.2. The van der Waals surface area contributed by atoms with E-state index in [0.29, 0.717) is 44.4 Å². The summed E-state index contributed by atoms with van der Waals surface area (Å²) in [5.74, 6) is 0.487. The summed E-state index contributed by atoms with van der Waals surface area (Å²) in [6.45, 7) is 4.96. The molecule has 1 aliphatic rings. The van der Waals surface area contributed by atoms with Crippen LogP contribution >= 0.6 is 0 Å². The molecule has 7 heteroatoms. The standard InChI is InChI=1S/C16H18F2N4O/c1-2-23-16-10-15(19-11-20-16)22-7-5-21(6-8-22)14-9-12(17)3-4-13(14)18/h3-4,9-11H,2,5-8H2,1H3. The van der Waals surface area contributed by atoms with Crippen molar-refractivity contribution in [2.24, 2.45) is 0 Å². The summed E-state index contributed by atoms with van der Waals surface area (Å²) in [6.07, 6.45) is 1.47. The smallest absolute Gasteiger partial charge is 0.218 e. The van der Waals surface area contributed by atoms with Gasteiger partial charge < -0.3 is 14.5 Å². The van der Waals surface area contributed by atoms with E-state index in [1.54, 1.807) is 6.07 Å². The Morgan fingerprint density at radius 2 is 1.78 bits per heavy atom. The summed E-state index contributed by atoms with van der Waals surface area (Å²) in [7, 11) is 0. The van der Waals surface area contributed by atoms with Gasteiger partial charge in [-0.3, -0.25) is 0 Å². The van der Waals surface area contributed by atoms with Crippen LogP contribution in [-0.2, 0) is 0 Å². The van der Waals surface area contributed by atoms with E-state index in [1.165, 1.54) is 12.4 Å². The molecule has 1 aliphatic heterocycles. The SMILES string of the molecule is CCOc1cc(N2CCN(c3cc(F)ccc3F)CC2)ncn1. The summed E-state index contributed by atoms with van der Waals surface area (Å²) in [6, 6.07) is 5.33. The minimum Gasteiger partial charge on any atom is -0.478 e. The van der Waals surface area contributed by atoms with Crippen LogP contribution in [0.1, 0.15) is 6.92 Å². The van der Waals surface area contributed by atoms with Gasteiger partial charge in [0.2, 0.25) is 5.88 Å². The van der Waals surface area contributed by atoms with Crippen molar-refractivity contribution in [3.05, 3.63) is 42.2 Å². The highest BCUT2D eigenvalue weighted by atomic mass is 19.1. The van der Waals surface area contributed by atoms with E-state index in [-0.39, 0.29) is 0 Å². The zero-order valence-corrected chi connectivity index (χ0v) is 12.9. The first-order valence-electron chi connectivity index (χ1n) is 7.57. The molecule has 0 spiro atoms. The third-order valence-corrected chi connectivity index (χ3v) is 3.77. The van der Waals surface area contributed by atoms with Gasteiger partial charge in [-0.2, -0.15) is 0 Å². The van der Waals surface area contributed by atoms with E-state index in [1.807, 2.05) is 11.8 Å². The number of piperazine rings is 1. The van der Waals surface area contributed by atoms with Crippen molar-refractivity contribution in [3.63, 3.8) is 0 Å². The number of hydrogen-bond donors (Lipinski definition) is 0. The summed E-state index contributed by atoms with van der Waals surface area (Å²) in [5.41, 5.74) is 0.308. The Bertz CT molecular complexity index is 675. The lowest BCUT2D eigenvalue weighted by atomic mass is 10.2. The third-order valence-electron chi connectivity index (χ3n) is 3.77. The molecule has 0 radical (unpaired) electrons. The predicted molar refractivity (Wildman–Crippen MR) is 84.0 cm³/mol. The van der Waals surface area contributed by atoms with Gasteiger partial charge in [-0.15, -0.1) is 0 Å². The highest BCUT2D eigenvalue weighted by molar-refractivity contribution is 5.51. The van der Waals surface area contributed by atoms with Gasteiger partial charge in [-0.25, -0.2) is 18.7 Å². The molecular formula is C16H18F2N4O. The van der Waals surface area contributed by atoms with Crippen LogP contribution in [0.25, 0.3) is 0 Å². The van der Waals surface area contributed by atoms with E-state index >= 15 is 0 Å². The summed E-state index contributed by atoms with van der Waals surface area (Å²) < 4.78 is 32.6. The van der Waals surface area contributed by atoms with Crippen LogP contribution in [0.15, 0.2) is 30.6 Å². The molecule has 0 N–H and O–H groups in total. The quantitative estimate of drug-likeness (QED) is 0.866. The van der Waals surface area contributed by atoms with Crippen LogP contribution in [0.5, 0.6) is 5.88 Å². The van der Waals surface area contributed by atoms with E-state index in [2.05, 4.69) is 14.9 Å². The van der Waals surface area contributed by atoms with Gasteiger partial charge in [0.1, 0.15) is 23.8 Å². The second kappa shape index (κ2) is 6.76. The number of aromatic nitrogens is 2. The van der Waals surface area contributed by atoms with Crippen molar-refractivity contribution in [2.75, 3.05) is 42.6 Å². The minimum absolute atomic E-state index is 0.308.